The molecule has 0 amide bonds. The Balaban J connectivity index is 2.42. The van der Waals surface area contributed by atoms with Crippen LogP contribution in [0.25, 0.3) is 0 Å². The molecular weight excluding hydrogens is 126 g/mol. The van der Waals surface area contributed by atoms with E-state index in [1.807, 2.05) is 6.92 Å². The lowest BCUT2D eigenvalue weighted by Gasteiger charge is -2.02. The van der Waals surface area contributed by atoms with Crippen molar-refractivity contribution in [3.05, 3.63) is 17.5 Å². The van der Waals surface area contributed by atoms with E-state index in [1.54, 1.807) is 6.26 Å². The second-order valence-corrected chi connectivity index (χ2v) is 3.37. The summed E-state index contributed by atoms with van der Waals surface area (Å²) in [5.41, 5.74) is 2.76. The van der Waals surface area contributed by atoms with Crippen molar-refractivity contribution >= 4 is 0 Å². The van der Waals surface area contributed by atoms with Gasteiger partial charge in [0.1, 0.15) is 6.26 Å². The average molecular weight is 137 g/mol. The maximum atomic E-state index is 4.86. The number of aromatic nitrogens is 1. The Labute approximate surface area is 60.2 Å². The highest BCUT2D eigenvalue weighted by atomic mass is 16.5. The molecule has 54 valence electrons. The van der Waals surface area contributed by atoms with Crippen molar-refractivity contribution in [1.29, 1.82) is 0 Å². The van der Waals surface area contributed by atoms with Crippen molar-refractivity contribution in [2.24, 2.45) is 0 Å². The van der Waals surface area contributed by atoms with Gasteiger partial charge in [-0.25, -0.2) is 0 Å². The van der Waals surface area contributed by atoms with E-state index in [0.717, 1.165) is 5.69 Å². The van der Waals surface area contributed by atoms with Crippen molar-refractivity contribution in [2.75, 3.05) is 0 Å². The number of nitrogens with zero attached hydrogens (tertiary/aromatic N) is 1. The molecule has 0 saturated heterocycles. The SMILES string of the molecule is Cc1nocc1C1(C)CC1. The smallest absolute Gasteiger partial charge is 0.127 e. The molecule has 1 aromatic rings. The summed E-state index contributed by atoms with van der Waals surface area (Å²) >= 11 is 0. The third-order valence-electron chi connectivity index (χ3n) is 2.40. The minimum atomic E-state index is 0.407. The van der Waals surface area contributed by atoms with E-state index >= 15 is 0 Å². The molecule has 1 heterocycles. The molecule has 0 N–H and O–H groups in total. The van der Waals surface area contributed by atoms with Gasteiger partial charge in [-0.1, -0.05) is 12.1 Å². The summed E-state index contributed by atoms with van der Waals surface area (Å²) in [6, 6.07) is 0. The van der Waals surface area contributed by atoms with Crippen LogP contribution in [-0.2, 0) is 5.41 Å². The Morgan fingerprint density at radius 2 is 2.30 bits per heavy atom. The van der Waals surface area contributed by atoms with Crippen LogP contribution >= 0.6 is 0 Å². The van der Waals surface area contributed by atoms with Gasteiger partial charge in [0.05, 0.1) is 5.69 Å². The van der Waals surface area contributed by atoms with Crippen LogP contribution < -0.4 is 0 Å². The Morgan fingerprint density at radius 3 is 2.70 bits per heavy atom. The summed E-state index contributed by atoms with van der Waals surface area (Å²) in [4.78, 5) is 0. The predicted octanol–water partition coefficient (Wildman–Crippen LogP) is 2.03. The topological polar surface area (TPSA) is 26.0 Å². The lowest BCUT2D eigenvalue weighted by Crippen LogP contribution is -1.99. The van der Waals surface area contributed by atoms with Crippen molar-refractivity contribution in [1.82, 2.24) is 5.16 Å². The highest BCUT2D eigenvalue weighted by molar-refractivity contribution is 5.29. The first-order valence-electron chi connectivity index (χ1n) is 3.64. The molecule has 2 heteroatoms. The van der Waals surface area contributed by atoms with Gasteiger partial charge in [-0.3, -0.25) is 0 Å². The monoisotopic (exact) mass is 137 g/mol. The van der Waals surface area contributed by atoms with E-state index in [0.29, 0.717) is 5.41 Å². The summed E-state index contributed by atoms with van der Waals surface area (Å²) in [6.45, 7) is 4.26. The van der Waals surface area contributed by atoms with Gasteiger partial charge in [0.2, 0.25) is 0 Å². The predicted molar refractivity (Wildman–Crippen MR) is 37.8 cm³/mol. The summed E-state index contributed by atoms with van der Waals surface area (Å²) < 4.78 is 4.86. The second kappa shape index (κ2) is 1.62. The van der Waals surface area contributed by atoms with Crippen molar-refractivity contribution in [3.63, 3.8) is 0 Å². The summed E-state index contributed by atoms with van der Waals surface area (Å²) in [6.07, 6.45) is 4.35. The van der Waals surface area contributed by atoms with Crippen molar-refractivity contribution in [3.8, 4) is 0 Å². The van der Waals surface area contributed by atoms with Gasteiger partial charge in [-0.05, 0) is 25.2 Å². The lowest BCUT2D eigenvalue weighted by molar-refractivity contribution is 0.413. The van der Waals surface area contributed by atoms with Gasteiger partial charge in [0.25, 0.3) is 0 Å². The van der Waals surface area contributed by atoms with Crippen LogP contribution in [0.15, 0.2) is 10.8 Å². The molecule has 0 atom stereocenters. The zero-order chi connectivity index (χ0) is 7.19. The fourth-order valence-electron chi connectivity index (χ4n) is 1.33. The van der Waals surface area contributed by atoms with Crippen LogP contribution in [-0.4, -0.2) is 5.16 Å². The van der Waals surface area contributed by atoms with Crippen LogP contribution in [0, 0.1) is 6.92 Å². The molecule has 2 rings (SSSR count). The van der Waals surface area contributed by atoms with E-state index in [1.165, 1.54) is 18.4 Å². The molecular formula is C8H11NO. The van der Waals surface area contributed by atoms with Crippen molar-refractivity contribution in [2.45, 2.75) is 32.1 Å². The highest BCUT2D eigenvalue weighted by Gasteiger charge is 2.41. The van der Waals surface area contributed by atoms with Crippen LogP contribution in [0.2, 0.25) is 0 Å². The largest absolute Gasteiger partial charge is 0.364 e. The molecule has 1 aliphatic rings. The van der Waals surface area contributed by atoms with Crippen molar-refractivity contribution < 1.29 is 4.52 Å². The minimum absolute atomic E-state index is 0.407. The first-order chi connectivity index (χ1) is 4.72. The Morgan fingerprint density at radius 1 is 1.60 bits per heavy atom. The van der Waals surface area contributed by atoms with Crippen LogP contribution in [0.1, 0.15) is 31.0 Å². The molecule has 1 fully saturated rings. The molecule has 0 radical (unpaired) electrons. The molecule has 1 saturated carbocycles. The first-order valence-corrected chi connectivity index (χ1v) is 3.64. The van der Waals surface area contributed by atoms with Crippen LogP contribution in [0.4, 0.5) is 0 Å². The lowest BCUT2D eigenvalue weighted by atomic mass is 10.0. The molecule has 1 aliphatic carbocycles. The molecule has 0 spiro atoms. The van der Waals surface area contributed by atoms with Gasteiger partial charge in [0.15, 0.2) is 0 Å². The third-order valence-corrected chi connectivity index (χ3v) is 2.40. The fraction of sp³-hybridized carbons (Fsp3) is 0.625. The van der Waals surface area contributed by atoms with Gasteiger partial charge in [0, 0.05) is 5.56 Å². The van der Waals surface area contributed by atoms with E-state index in [-0.39, 0.29) is 0 Å². The zero-order valence-electron chi connectivity index (χ0n) is 6.35. The number of rotatable bonds is 1. The van der Waals surface area contributed by atoms with Gasteiger partial charge in [-0.15, -0.1) is 0 Å². The third kappa shape index (κ3) is 0.681. The molecule has 0 aliphatic heterocycles. The molecule has 0 bridgehead atoms. The quantitative estimate of drug-likeness (QED) is 0.592. The molecule has 0 unspecified atom stereocenters. The summed E-state index contributed by atoms with van der Waals surface area (Å²) in [5.74, 6) is 0. The van der Waals surface area contributed by atoms with E-state index in [4.69, 9.17) is 4.52 Å². The number of hydrogen-bond donors (Lipinski definition) is 0. The maximum absolute atomic E-state index is 4.86. The Bertz CT molecular complexity index is 248. The van der Waals surface area contributed by atoms with Crippen LogP contribution in [0.3, 0.4) is 0 Å². The number of hydrogen-bond acceptors (Lipinski definition) is 2. The summed E-state index contributed by atoms with van der Waals surface area (Å²) in [7, 11) is 0. The Kier molecular flexibility index (Phi) is 0.967. The van der Waals surface area contributed by atoms with Gasteiger partial charge in [-0.2, -0.15) is 0 Å². The van der Waals surface area contributed by atoms with Gasteiger partial charge >= 0.3 is 0 Å². The Hall–Kier alpha value is -0.790. The first kappa shape index (κ1) is 5.96. The highest BCUT2D eigenvalue weighted by Crippen LogP contribution is 2.48. The average Bonchev–Trinajstić information content (AvgIpc) is 2.44. The minimum Gasteiger partial charge on any atom is -0.364 e. The second-order valence-electron chi connectivity index (χ2n) is 3.37. The molecule has 0 aromatic carbocycles. The maximum Gasteiger partial charge on any atom is 0.127 e. The van der Waals surface area contributed by atoms with E-state index in [9.17, 15) is 0 Å². The number of aryl methyl sites for hydroxylation is 1. The fourth-order valence-corrected chi connectivity index (χ4v) is 1.33. The molecule has 10 heavy (non-hydrogen) atoms. The zero-order valence-corrected chi connectivity index (χ0v) is 6.35. The van der Waals surface area contributed by atoms with E-state index in [2.05, 4.69) is 12.1 Å². The molecule has 2 nitrogen and oxygen atoms in total. The van der Waals surface area contributed by atoms with Crippen LogP contribution in [0.5, 0.6) is 0 Å². The standard InChI is InChI=1S/C8H11NO/c1-6-7(5-10-9-6)8(2)3-4-8/h5H,3-4H2,1-2H3. The van der Waals surface area contributed by atoms with Gasteiger partial charge < -0.3 is 4.52 Å². The normalized spacial score (nSPS) is 21.0. The summed E-state index contributed by atoms with van der Waals surface area (Å²) in [5, 5.41) is 3.85. The molecule has 1 aromatic heterocycles. The van der Waals surface area contributed by atoms with E-state index < -0.39 is 0 Å².